The molecule has 2 aromatic rings. The van der Waals surface area contributed by atoms with Gasteiger partial charge >= 0.3 is 23.9 Å². The third-order valence-corrected chi connectivity index (χ3v) is 7.48. The number of sulfonamides is 1. The molecule has 11 nitrogen and oxygen atoms in total. The predicted octanol–water partition coefficient (Wildman–Crippen LogP) is 3.53. The highest BCUT2D eigenvalue weighted by Gasteiger charge is 2.43. The molecular formula is C27H32BrNO10S. The Morgan fingerprint density at radius 3 is 1.52 bits per heavy atom. The van der Waals surface area contributed by atoms with Crippen molar-refractivity contribution in [3.63, 3.8) is 0 Å². The summed E-state index contributed by atoms with van der Waals surface area (Å²) >= 11 is 3.37. The lowest BCUT2D eigenvalue weighted by Crippen LogP contribution is -2.54. The van der Waals surface area contributed by atoms with Crippen LogP contribution in [0.25, 0.3) is 11.1 Å². The highest BCUT2D eigenvalue weighted by Crippen LogP contribution is 2.24. The fourth-order valence-corrected chi connectivity index (χ4v) is 5.18. The number of benzene rings is 2. The van der Waals surface area contributed by atoms with E-state index in [1.54, 1.807) is 19.1 Å². The van der Waals surface area contributed by atoms with Crippen molar-refractivity contribution >= 4 is 49.8 Å². The van der Waals surface area contributed by atoms with Crippen molar-refractivity contribution in [3.05, 3.63) is 53.0 Å². The molecule has 0 unspecified atom stereocenters. The van der Waals surface area contributed by atoms with E-state index in [0.717, 1.165) is 43.3 Å². The molecule has 0 aliphatic carbocycles. The van der Waals surface area contributed by atoms with E-state index in [1.165, 1.54) is 12.1 Å². The summed E-state index contributed by atoms with van der Waals surface area (Å²) in [4.78, 5) is 47.5. The van der Waals surface area contributed by atoms with E-state index in [-0.39, 0.29) is 11.3 Å². The molecule has 0 saturated carbocycles. The summed E-state index contributed by atoms with van der Waals surface area (Å²) in [5.74, 6) is -3.13. The minimum atomic E-state index is -4.13. The van der Waals surface area contributed by atoms with Crippen LogP contribution in [0, 0.1) is 0 Å². The topological polar surface area (TPSA) is 151 Å². The van der Waals surface area contributed by atoms with Gasteiger partial charge in [-0.1, -0.05) is 47.1 Å². The molecule has 2 aromatic carbocycles. The number of ether oxygens (including phenoxy) is 4. The lowest BCUT2D eigenvalue weighted by molar-refractivity contribution is -0.197. The Kier molecular flexibility index (Phi) is 12.3. The van der Waals surface area contributed by atoms with Gasteiger partial charge in [-0.15, -0.1) is 0 Å². The van der Waals surface area contributed by atoms with Gasteiger partial charge in [0.05, 0.1) is 11.4 Å². The summed E-state index contributed by atoms with van der Waals surface area (Å²) in [5.41, 5.74) is 1.67. The molecule has 40 heavy (non-hydrogen) atoms. The van der Waals surface area contributed by atoms with Gasteiger partial charge in [0.15, 0.2) is 18.3 Å². The Hall–Kier alpha value is -3.29. The molecule has 0 heterocycles. The lowest BCUT2D eigenvalue weighted by Gasteiger charge is -2.35. The number of nitrogens with one attached hydrogen (secondary N) is 1. The van der Waals surface area contributed by atoms with Gasteiger partial charge in [-0.3, -0.25) is 19.2 Å². The van der Waals surface area contributed by atoms with Crippen molar-refractivity contribution in [1.82, 2.24) is 4.72 Å². The van der Waals surface area contributed by atoms with Crippen LogP contribution >= 0.6 is 15.9 Å². The van der Waals surface area contributed by atoms with E-state index in [0.29, 0.717) is 0 Å². The Morgan fingerprint density at radius 1 is 0.700 bits per heavy atom. The zero-order valence-corrected chi connectivity index (χ0v) is 25.1. The molecule has 2 rings (SSSR count). The molecule has 0 bridgehead atoms. The van der Waals surface area contributed by atoms with Crippen molar-refractivity contribution in [1.29, 1.82) is 0 Å². The molecule has 13 heteroatoms. The van der Waals surface area contributed by atoms with Crippen molar-refractivity contribution in [2.24, 2.45) is 0 Å². The standard InChI is InChI=1S/C27H32BrNO10S/c1-6-24(36-16(2)30)26(38-18(4)32)27(39-19(5)33)25(37-17(3)31)15-29-40(34,35)23-13-9-21(10-14-23)20-7-11-22(28)12-8-20/h7-14,24-27,29H,6,15H2,1-5H3/t24-,25+,26-,27-/m1/s1. The first-order chi connectivity index (χ1) is 18.7. The van der Waals surface area contributed by atoms with Gasteiger partial charge in [0.25, 0.3) is 0 Å². The van der Waals surface area contributed by atoms with E-state index in [4.69, 9.17) is 18.9 Å². The number of hydrogen-bond acceptors (Lipinski definition) is 10. The van der Waals surface area contributed by atoms with Crippen molar-refractivity contribution in [2.75, 3.05) is 6.54 Å². The molecule has 1 N–H and O–H groups in total. The van der Waals surface area contributed by atoms with Gasteiger partial charge in [0, 0.05) is 32.2 Å². The van der Waals surface area contributed by atoms with E-state index in [1.807, 2.05) is 24.3 Å². The van der Waals surface area contributed by atoms with Crippen LogP contribution < -0.4 is 4.72 Å². The Balaban J connectivity index is 2.37. The maximum atomic E-state index is 13.1. The van der Waals surface area contributed by atoms with Crippen LogP contribution in [-0.2, 0) is 48.1 Å². The smallest absolute Gasteiger partial charge is 0.303 e. The number of rotatable bonds is 13. The fourth-order valence-electron chi connectivity index (χ4n) is 3.87. The second-order valence-corrected chi connectivity index (χ2v) is 11.4. The highest BCUT2D eigenvalue weighted by atomic mass is 79.9. The van der Waals surface area contributed by atoms with Crippen LogP contribution in [0.5, 0.6) is 0 Å². The van der Waals surface area contributed by atoms with Crippen molar-refractivity contribution < 1.29 is 46.5 Å². The van der Waals surface area contributed by atoms with Crippen LogP contribution in [0.15, 0.2) is 57.9 Å². The van der Waals surface area contributed by atoms with Crippen LogP contribution in [0.1, 0.15) is 41.0 Å². The SMILES string of the molecule is CC[C@@H](OC(C)=O)[C@@H](OC(C)=O)[C@H](OC(C)=O)[C@H](CNS(=O)(=O)c1ccc(-c2ccc(Br)cc2)cc1)OC(C)=O. The van der Waals surface area contributed by atoms with Crippen LogP contribution in [0.4, 0.5) is 0 Å². The molecular weight excluding hydrogens is 610 g/mol. The van der Waals surface area contributed by atoms with E-state index < -0.39 is 64.9 Å². The second kappa shape index (κ2) is 14.9. The monoisotopic (exact) mass is 641 g/mol. The summed E-state index contributed by atoms with van der Waals surface area (Å²) in [5, 5.41) is 0. The normalized spacial score (nSPS) is 14.2. The second-order valence-electron chi connectivity index (χ2n) is 8.74. The molecule has 218 valence electrons. The molecule has 0 spiro atoms. The van der Waals surface area contributed by atoms with Gasteiger partial charge in [0.1, 0.15) is 6.10 Å². The predicted molar refractivity (Wildman–Crippen MR) is 147 cm³/mol. The zero-order chi connectivity index (χ0) is 30.0. The maximum Gasteiger partial charge on any atom is 0.303 e. The Labute approximate surface area is 241 Å². The Bertz CT molecular complexity index is 1300. The van der Waals surface area contributed by atoms with E-state index >= 15 is 0 Å². The summed E-state index contributed by atoms with van der Waals surface area (Å²) in [7, 11) is -4.13. The van der Waals surface area contributed by atoms with E-state index in [2.05, 4.69) is 20.7 Å². The summed E-state index contributed by atoms with van der Waals surface area (Å²) < 4.78 is 50.8. The Morgan fingerprint density at radius 2 is 1.10 bits per heavy atom. The average molecular weight is 643 g/mol. The fraction of sp³-hybridized carbons (Fsp3) is 0.407. The average Bonchev–Trinajstić information content (AvgIpc) is 2.87. The molecule has 0 aliphatic rings. The van der Waals surface area contributed by atoms with Crippen molar-refractivity contribution in [2.45, 2.75) is 70.4 Å². The summed E-state index contributed by atoms with van der Waals surface area (Å²) in [6.45, 7) is 5.48. The van der Waals surface area contributed by atoms with Crippen LogP contribution in [-0.4, -0.2) is 63.3 Å². The minimum Gasteiger partial charge on any atom is -0.458 e. The summed E-state index contributed by atoms with van der Waals surface area (Å²) in [6.07, 6.45) is -5.33. The third kappa shape index (κ3) is 10.0. The number of hydrogen-bond donors (Lipinski definition) is 1. The molecule has 0 fully saturated rings. The number of halogens is 1. The van der Waals surface area contributed by atoms with Gasteiger partial charge in [-0.05, 0) is 41.8 Å². The van der Waals surface area contributed by atoms with Crippen LogP contribution in [0.2, 0.25) is 0 Å². The first-order valence-corrected chi connectivity index (χ1v) is 14.6. The first-order valence-electron chi connectivity index (χ1n) is 12.3. The third-order valence-electron chi connectivity index (χ3n) is 5.51. The number of carbonyl (C=O) groups excluding carboxylic acids is 4. The quantitative estimate of drug-likeness (QED) is 0.254. The van der Waals surface area contributed by atoms with Gasteiger partial charge in [-0.25, -0.2) is 13.1 Å². The molecule has 0 aliphatic heterocycles. The zero-order valence-electron chi connectivity index (χ0n) is 22.7. The number of carbonyl (C=O) groups is 4. The van der Waals surface area contributed by atoms with E-state index in [9.17, 15) is 27.6 Å². The minimum absolute atomic E-state index is 0.0677. The highest BCUT2D eigenvalue weighted by molar-refractivity contribution is 9.10. The molecule has 4 atom stereocenters. The van der Waals surface area contributed by atoms with Gasteiger partial charge < -0.3 is 18.9 Å². The van der Waals surface area contributed by atoms with Crippen molar-refractivity contribution in [3.8, 4) is 11.1 Å². The molecule has 0 amide bonds. The van der Waals surface area contributed by atoms with Crippen LogP contribution in [0.3, 0.4) is 0 Å². The largest absolute Gasteiger partial charge is 0.458 e. The number of esters is 4. The maximum absolute atomic E-state index is 13.1. The van der Waals surface area contributed by atoms with Gasteiger partial charge in [0.2, 0.25) is 10.0 Å². The lowest BCUT2D eigenvalue weighted by atomic mass is 10.00. The molecule has 0 radical (unpaired) electrons. The summed E-state index contributed by atoms with van der Waals surface area (Å²) in [6, 6.07) is 13.6. The molecule has 0 aromatic heterocycles. The molecule has 0 saturated heterocycles. The first kappa shape index (κ1) is 32.9. The van der Waals surface area contributed by atoms with Gasteiger partial charge in [-0.2, -0.15) is 0 Å².